The molecule has 0 saturated heterocycles. The van der Waals surface area contributed by atoms with Crippen LogP contribution in [0.2, 0.25) is 0 Å². The third-order valence-corrected chi connectivity index (χ3v) is 3.04. The molecule has 1 aromatic heterocycles. The van der Waals surface area contributed by atoms with Crippen LogP contribution in [0.5, 0.6) is 0 Å². The number of nitrogens with one attached hydrogen (secondary N) is 2. The average Bonchev–Trinajstić information content (AvgIpc) is 2.51. The van der Waals surface area contributed by atoms with E-state index in [4.69, 9.17) is 11.5 Å². The Bertz CT molecular complexity index is 836. The zero-order valence-electron chi connectivity index (χ0n) is 12.1. The summed E-state index contributed by atoms with van der Waals surface area (Å²) in [6.45, 7) is 0. The number of anilines is 6. The molecule has 23 heavy (non-hydrogen) atoms. The summed E-state index contributed by atoms with van der Waals surface area (Å²) < 4.78 is 13.9. The minimum Gasteiger partial charge on any atom is -0.399 e. The van der Waals surface area contributed by atoms with Crippen LogP contribution in [0.1, 0.15) is 0 Å². The Hall–Kier alpha value is -3.35. The number of nitrogen functional groups attached to an aromatic ring is 2. The largest absolute Gasteiger partial charge is 0.399 e. The predicted molar refractivity (Wildman–Crippen MR) is 90.3 cm³/mol. The van der Waals surface area contributed by atoms with Crippen molar-refractivity contribution in [3.8, 4) is 0 Å². The summed E-state index contributed by atoms with van der Waals surface area (Å²) in [5, 5.41) is 5.86. The standard InChI is InChI=1S/C16H15FN6/c17-14-9-20-16(22-13-6-2-4-11(19)8-13)23-15(14)21-12-5-1-3-10(18)7-12/h1-9H,18-19H2,(H2,20,21,22,23). The number of nitrogens with zero attached hydrogens (tertiary/aromatic N) is 2. The quantitative estimate of drug-likeness (QED) is 0.552. The van der Waals surface area contributed by atoms with E-state index >= 15 is 0 Å². The van der Waals surface area contributed by atoms with Gasteiger partial charge in [-0.3, -0.25) is 0 Å². The number of nitrogens with two attached hydrogens (primary N) is 2. The Morgan fingerprint density at radius 3 is 2.09 bits per heavy atom. The molecule has 0 unspecified atom stereocenters. The summed E-state index contributed by atoms with van der Waals surface area (Å²) in [4.78, 5) is 8.05. The molecule has 3 rings (SSSR count). The first-order valence-corrected chi connectivity index (χ1v) is 6.88. The van der Waals surface area contributed by atoms with E-state index in [1.165, 1.54) is 0 Å². The molecule has 0 atom stereocenters. The van der Waals surface area contributed by atoms with E-state index in [9.17, 15) is 4.39 Å². The van der Waals surface area contributed by atoms with Crippen LogP contribution in [-0.2, 0) is 0 Å². The van der Waals surface area contributed by atoms with Crippen molar-refractivity contribution >= 4 is 34.5 Å². The lowest BCUT2D eigenvalue weighted by atomic mass is 10.3. The lowest BCUT2D eigenvalue weighted by Gasteiger charge is -2.10. The van der Waals surface area contributed by atoms with Crippen LogP contribution in [0, 0.1) is 5.82 Å². The third-order valence-electron chi connectivity index (χ3n) is 3.04. The molecule has 7 heteroatoms. The molecule has 0 aliphatic carbocycles. The summed E-state index contributed by atoms with van der Waals surface area (Å²) in [6.07, 6.45) is 1.09. The zero-order valence-corrected chi connectivity index (χ0v) is 12.1. The van der Waals surface area contributed by atoms with Crippen molar-refractivity contribution in [1.29, 1.82) is 0 Å². The van der Waals surface area contributed by atoms with Gasteiger partial charge >= 0.3 is 0 Å². The van der Waals surface area contributed by atoms with Crippen LogP contribution in [0.4, 0.5) is 38.9 Å². The van der Waals surface area contributed by atoms with Gasteiger partial charge in [0.1, 0.15) is 0 Å². The van der Waals surface area contributed by atoms with Gasteiger partial charge in [-0.25, -0.2) is 9.37 Å². The molecule has 3 aromatic rings. The highest BCUT2D eigenvalue weighted by molar-refractivity contribution is 5.64. The fourth-order valence-corrected chi connectivity index (χ4v) is 2.01. The first kappa shape index (κ1) is 14.6. The smallest absolute Gasteiger partial charge is 0.229 e. The van der Waals surface area contributed by atoms with Crippen LogP contribution in [-0.4, -0.2) is 9.97 Å². The van der Waals surface area contributed by atoms with E-state index in [1.807, 2.05) is 6.07 Å². The molecule has 0 fully saturated rings. The highest BCUT2D eigenvalue weighted by atomic mass is 19.1. The van der Waals surface area contributed by atoms with Crippen molar-refractivity contribution in [3.63, 3.8) is 0 Å². The van der Waals surface area contributed by atoms with E-state index in [1.54, 1.807) is 42.5 Å². The Labute approximate surface area is 132 Å². The number of aromatic nitrogens is 2. The van der Waals surface area contributed by atoms with Crippen LogP contribution < -0.4 is 22.1 Å². The molecule has 0 saturated carbocycles. The van der Waals surface area contributed by atoms with Gasteiger partial charge in [0.15, 0.2) is 11.6 Å². The van der Waals surface area contributed by atoms with Gasteiger partial charge in [-0.15, -0.1) is 0 Å². The molecule has 0 spiro atoms. The van der Waals surface area contributed by atoms with Crippen LogP contribution in [0.3, 0.4) is 0 Å². The molecule has 2 aromatic carbocycles. The zero-order chi connectivity index (χ0) is 16.2. The van der Waals surface area contributed by atoms with Crippen LogP contribution >= 0.6 is 0 Å². The van der Waals surface area contributed by atoms with Crippen LogP contribution in [0.25, 0.3) is 0 Å². The van der Waals surface area contributed by atoms with Crippen molar-refractivity contribution in [3.05, 3.63) is 60.5 Å². The fraction of sp³-hybridized carbons (Fsp3) is 0. The molecule has 0 aliphatic heterocycles. The number of benzene rings is 2. The SMILES string of the molecule is Nc1cccc(Nc2ncc(F)c(Nc3cccc(N)c3)n2)c1. The average molecular weight is 310 g/mol. The molecule has 6 N–H and O–H groups in total. The minimum absolute atomic E-state index is 0.0528. The van der Waals surface area contributed by atoms with Gasteiger partial charge in [0.05, 0.1) is 6.20 Å². The maximum Gasteiger partial charge on any atom is 0.229 e. The monoisotopic (exact) mass is 310 g/mol. The normalized spacial score (nSPS) is 10.3. The van der Waals surface area contributed by atoms with Crippen molar-refractivity contribution in [1.82, 2.24) is 9.97 Å². The van der Waals surface area contributed by atoms with Gasteiger partial charge in [0.2, 0.25) is 5.95 Å². The maximum absolute atomic E-state index is 13.9. The molecular weight excluding hydrogens is 295 g/mol. The Kier molecular flexibility index (Phi) is 3.92. The highest BCUT2D eigenvalue weighted by Gasteiger charge is 2.08. The van der Waals surface area contributed by atoms with Gasteiger partial charge < -0.3 is 22.1 Å². The molecular formula is C16H15FN6. The number of hydrogen-bond acceptors (Lipinski definition) is 6. The van der Waals surface area contributed by atoms with E-state index in [0.29, 0.717) is 22.7 Å². The summed E-state index contributed by atoms with van der Waals surface area (Å²) in [5.74, 6) is -0.258. The van der Waals surface area contributed by atoms with Gasteiger partial charge in [-0.2, -0.15) is 4.98 Å². The number of hydrogen-bond donors (Lipinski definition) is 4. The minimum atomic E-state index is -0.564. The highest BCUT2D eigenvalue weighted by Crippen LogP contribution is 2.22. The van der Waals surface area contributed by atoms with Crippen molar-refractivity contribution < 1.29 is 4.39 Å². The number of halogens is 1. The lowest BCUT2D eigenvalue weighted by Crippen LogP contribution is -2.03. The number of rotatable bonds is 4. The molecule has 116 valence electrons. The first-order chi connectivity index (χ1) is 11.1. The van der Waals surface area contributed by atoms with E-state index in [0.717, 1.165) is 6.20 Å². The second-order valence-corrected chi connectivity index (χ2v) is 4.89. The lowest BCUT2D eigenvalue weighted by molar-refractivity contribution is 0.619. The van der Waals surface area contributed by atoms with Gasteiger partial charge in [-0.05, 0) is 36.4 Å². The Morgan fingerprint density at radius 1 is 0.870 bits per heavy atom. The molecule has 0 bridgehead atoms. The van der Waals surface area contributed by atoms with E-state index in [-0.39, 0.29) is 11.8 Å². The maximum atomic E-state index is 13.9. The van der Waals surface area contributed by atoms with Crippen molar-refractivity contribution in [2.75, 3.05) is 22.1 Å². The van der Waals surface area contributed by atoms with Crippen molar-refractivity contribution in [2.24, 2.45) is 0 Å². The molecule has 0 aliphatic rings. The van der Waals surface area contributed by atoms with Crippen molar-refractivity contribution in [2.45, 2.75) is 0 Å². The molecule has 0 radical (unpaired) electrons. The van der Waals surface area contributed by atoms with Gasteiger partial charge in [0.25, 0.3) is 0 Å². The van der Waals surface area contributed by atoms with Gasteiger partial charge in [-0.1, -0.05) is 12.1 Å². The van der Waals surface area contributed by atoms with Gasteiger partial charge in [0, 0.05) is 22.7 Å². The van der Waals surface area contributed by atoms with E-state index < -0.39 is 5.82 Å². The molecule has 1 heterocycles. The second-order valence-electron chi connectivity index (χ2n) is 4.89. The molecule has 0 amide bonds. The summed E-state index contributed by atoms with van der Waals surface area (Å²) in [7, 11) is 0. The third kappa shape index (κ3) is 3.65. The van der Waals surface area contributed by atoms with Crippen LogP contribution in [0.15, 0.2) is 54.7 Å². The summed E-state index contributed by atoms with van der Waals surface area (Å²) in [5.41, 5.74) is 14.0. The molecule has 6 nitrogen and oxygen atoms in total. The van der Waals surface area contributed by atoms with E-state index in [2.05, 4.69) is 20.6 Å². The second kappa shape index (κ2) is 6.18. The topological polar surface area (TPSA) is 102 Å². The Balaban J connectivity index is 1.84. The Morgan fingerprint density at radius 2 is 1.48 bits per heavy atom. The first-order valence-electron chi connectivity index (χ1n) is 6.88. The predicted octanol–water partition coefficient (Wildman–Crippen LogP) is 3.27. The summed E-state index contributed by atoms with van der Waals surface area (Å²) in [6, 6.07) is 14.1. The fourth-order valence-electron chi connectivity index (χ4n) is 2.01. The summed E-state index contributed by atoms with van der Waals surface area (Å²) >= 11 is 0.